The number of carbonyl (C=O) groups excluding carboxylic acids is 1. The molecule has 0 saturated heterocycles. The van der Waals surface area contributed by atoms with Crippen molar-refractivity contribution in [3.63, 3.8) is 0 Å². The minimum atomic E-state index is -5.12. The second-order valence-corrected chi connectivity index (χ2v) is 9.76. The molecule has 0 aliphatic rings. The largest absolute Gasteiger partial charge is 0.417 e. The van der Waals surface area contributed by atoms with Crippen LogP contribution in [0.4, 0.5) is 36.6 Å². The van der Waals surface area contributed by atoms with Gasteiger partial charge in [0.2, 0.25) is 0 Å². The molecule has 0 amide bonds. The number of alkyl halides is 6. The van der Waals surface area contributed by atoms with Gasteiger partial charge in [-0.3, -0.25) is 4.79 Å². The maximum absolute atomic E-state index is 15.0. The summed E-state index contributed by atoms with van der Waals surface area (Å²) in [5.74, 6) is -5.07. The van der Waals surface area contributed by atoms with Gasteiger partial charge in [-0.1, -0.05) is 58.7 Å². The van der Waals surface area contributed by atoms with Crippen molar-refractivity contribution < 1.29 is 35.5 Å². The number of hydrogen-bond donors (Lipinski definition) is 1. The maximum Gasteiger partial charge on any atom is 0.417 e. The van der Waals surface area contributed by atoms with E-state index >= 15 is 4.39 Å². The number of nitrogens with zero attached hydrogens (tertiary/aromatic N) is 2. The van der Waals surface area contributed by atoms with Gasteiger partial charge >= 0.3 is 12.4 Å². The van der Waals surface area contributed by atoms with Crippen molar-refractivity contribution in [2.75, 3.05) is 18.1 Å². The van der Waals surface area contributed by atoms with E-state index in [1.165, 1.54) is 24.0 Å². The van der Waals surface area contributed by atoms with Crippen LogP contribution >= 0.6 is 46.6 Å². The number of anilines is 1. The number of allylic oxidation sites excluding steroid dienone is 1. The lowest BCUT2D eigenvalue weighted by Gasteiger charge is -2.19. The first-order valence-electron chi connectivity index (χ1n) is 10.6. The van der Waals surface area contributed by atoms with E-state index in [0.717, 1.165) is 18.2 Å². The number of thioether (sulfide) groups is 1. The van der Waals surface area contributed by atoms with Crippen molar-refractivity contribution in [3.8, 4) is 0 Å². The van der Waals surface area contributed by atoms with Gasteiger partial charge in [-0.05, 0) is 42.2 Å². The Balaban J connectivity index is 1.97. The number of benzene rings is 2. The van der Waals surface area contributed by atoms with Gasteiger partial charge in [-0.2, -0.15) is 26.3 Å². The highest BCUT2D eigenvalue weighted by atomic mass is 35.5. The van der Waals surface area contributed by atoms with E-state index in [-0.39, 0.29) is 33.0 Å². The van der Waals surface area contributed by atoms with Gasteiger partial charge in [0.15, 0.2) is 10.9 Å². The van der Waals surface area contributed by atoms with Gasteiger partial charge < -0.3 is 5.32 Å². The lowest BCUT2D eigenvalue weighted by molar-refractivity contribution is -0.140. The number of halogens is 10. The van der Waals surface area contributed by atoms with Crippen LogP contribution in [0.25, 0.3) is 5.83 Å². The minimum absolute atomic E-state index is 0.0901. The summed E-state index contributed by atoms with van der Waals surface area (Å²) < 4.78 is 97.8. The van der Waals surface area contributed by atoms with E-state index in [4.69, 9.17) is 34.8 Å². The molecule has 2 aromatic carbocycles. The van der Waals surface area contributed by atoms with E-state index in [2.05, 4.69) is 15.3 Å². The van der Waals surface area contributed by atoms with Gasteiger partial charge in [-0.15, -0.1) is 0 Å². The third kappa shape index (κ3) is 7.77. The normalized spacial score (nSPS) is 13.4. The van der Waals surface area contributed by atoms with Gasteiger partial charge in [0.05, 0.1) is 27.2 Å². The van der Waals surface area contributed by atoms with Crippen LogP contribution in [0, 0.1) is 0 Å². The van der Waals surface area contributed by atoms with E-state index in [1.54, 1.807) is 6.26 Å². The minimum Gasteiger partial charge on any atom is -0.362 e. The number of hydrogen-bond acceptors (Lipinski definition) is 5. The van der Waals surface area contributed by atoms with Crippen molar-refractivity contribution in [3.05, 3.63) is 86.0 Å². The molecule has 208 valence electrons. The highest BCUT2D eigenvalue weighted by Crippen LogP contribution is 2.42. The maximum atomic E-state index is 15.0. The molecule has 0 aliphatic carbocycles. The molecular formula is C24H15Cl3F7N3OS. The molecule has 1 aromatic heterocycles. The molecule has 0 bridgehead atoms. The standard InChI is InChI=1S/C24H15Cl3F7N3OS/c1-39-22-35-5-4-20(37-22)36-10-19(38)13-3-2-11(6-15(13)24(32,33)34)18(28)9-14(23(29,30)31)12-7-16(25)21(27)17(26)8-12/h2-9,14H,10H2,1H3,(H,35,36,37)/b18-9-. The smallest absolute Gasteiger partial charge is 0.362 e. The fraction of sp³-hybridized carbons (Fsp3) is 0.208. The zero-order valence-electron chi connectivity index (χ0n) is 19.4. The zero-order chi connectivity index (χ0) is 29.1. The second-order valence-electron chi connectivity index (χ2n) is 7.80. The summed E-state index contributed by atoms with van der Waals surface area (Å²) in [6, 6.07) is 4.80. The number of nitrogens with one attached hydrogen (secondary N) is 1. The molecule has 1 heterocycles. The zero-order valence-corrected chi connectivity index (χ0v) is 22.5. The molecule has 1 N–H and O–H groups in total. The van der Waals surface area contributed by atoms with Crippen molar-refractivity contribution in [2.45, 2.75) is 23.4 Å². The topological polar surface area (TPSA) is 54.9 Å². The predicted molar refractivity (Wildman–Crippen MR) is 137 cm³/mol. The first kappa shape index (κ1) is 31.0. The van der Waals surface area contributed by atoms with Gasteiger partial charge in [-0.25, -0.2) is 14.4 Å². The lowest BCUT2D eigenvalue weighted by atomic mass is 9.95. The monoisotopic (exact) mass is 631 g/mol. The Morgan fingerprint density at radius 2 is 1.69 bits per heavy atom. The first-order valence-corrected chi connectivity index (χ1v) is 12.9. The fourth-order valence-electron chi connectivity index (χ4n) is 3.35. The van der Waals surface area contributed by atoms with Crippen LogP contribution in [0.2, 0.25) is 15.1 Å². The summed E-state index contributed by atoms with van der Waals surface area (Å²) in [6.45, 7) is -0.597. The Hall–Kier alpha value is -2.54. The fourth-order valence-corrected chi connectivity index (χ4v) is 4.32. The summed E-state index contributed by atoms with van der Waals surface area (Å²) >= 11 is 18.6. The molecular weight excluding hydrogens is 618 g/mol. The number of carbonyl (C=O) groups is 1. The van der Waals surface area contributed by atoms with E-state index in [1.807, 2.05) is 0 Å². The number of rotatable bonds is 8. The molecule has 4 nitrogen and oxygen atoms in total. The summed E-state index contributed by atoms with van der Waals surface area (Å²) in [7, 11) is 0. The molecule has 39 heavy (non-hydrogen) atoms. The third-order valence-corrected chi connectivity index (χ3v) is 6.94. The Labute approximate surface area is 236 Å². The van der Waals surface area contributed by atoms with E-state index in [9.17, 15) is 31.1 Å². The Bertz CT molecular complexity index is 1390. The molecule has 0 saturated carbocycles. The quantitative estimate of drug-likeness (QED) is 0.0883. The molecule has 3 aromatic rings. The molecule has 0 aliphatic heterocycles. The lowest BCUT2D eigenvalue weighted by Crippen LogP contribution is -2.20. The molecule has 0 spiro atoms. The SMILES string of the molecule is CSc1nccc(NCC(=O)c2ccc(/C(F)=C/C(c3cc(Cl)c(Cl)c(Cl)c3)C(F)(F)F)cc2C(F)(F)F)n1. The van der Waals surface area contributed by atoms with E-state index < -0.39 is 58.7 Å². The average Bonchev–Trinajstić information content (AvgIpc) is 2.87. The van der Waals surface area contributed by atoms with Crippen molar-refractivity contribution >= 4 is 64.0 Å². The summed E-state index contributed by atoms with van der Waals surface area (Å²) in [5, 5.41) is 2.06. The Kier molecular flexibility index (Phi) is 9.79. The van der Waals surface area contributed by atoms with Gasteiger partial charge in [0.25, 0.3) is 0 Å². The molecule has 0 fully saturated rings. The van der Waals surface area contributed by atoms with Gasteiger partial charge in [0.1, 0.15) is 17.6 Å². The van der Waals surface area contributed by atoms with Crippen LogP contribution in [0.15, 0.2) is 53.8 Å². The summed E-state index contributed by atoms with van der Waals surface area (Å²) in [5.41, 5.74) is -3.74. The second kappa shape index (κ2) is 12.3. The highest BCUT2D eigenvalue weighted by Gasteiger charge is 2.41. The van der Waals surface area contributed by atoms with Crippen molar-refractivity contribution in [2.24, 2.45) is 0 Å². The number of ketones is 1. The highest BCUT2D eigenvalue weighted by molar-refractivity contribution is 7.98. The van der Waals surface area contributed by atoms with Crippen molar-refractivity contribution in [1.29, 1.82) is 0 Å². The van der Waals surface area contributed by atoms with Crippen LogP contribution in [-0.2, 0) is 6.18 Å². The molecule has 1 unspecified atom stereocenters. The summed E-state index contributed by atoms with van der Waals surface area (Å²) in [6.07, 6.45) is -7.01. The van der Waals surface area contributed by atoms with Crippen LogP contribution < -0.4 is 5.32 Å². The van der Waals surface area contributed by atoms with Crippen LogP contribution in [-0.4, -0.2) is 34.7 Å². The Morgan fingerprint density at radius 3 is 2.26 bits per heavy atom. The van der Waals surface area contributed by atoms with E-state index in [0.29, 0.717) is 11.2 Å². The predicted octanol–water partition coefficient (Wildman–Crippen LogP) is 9.13. The number of Topliss-reactive ketones (excluding diaryl/α,β-unsaturated/α-hetero) is 1. The number of aromatic nitrogens is 2. The molecule has 15 heteroatoms. The van der Waals surface area contributed by atoms with Crippen molar-refractivity contribution in [1.82, 2.24) is 9.97 Å². The molecule has 0 radical (unpaired) electrons. The molecule has 1 atom stereocenters. The van der Waals surface area contributed by atoms with Crippen LogP contribution in [0.5, 0.6) is 0 Å². The Morgan fingerprint density at radius 1 is 1.05 bits per heavy atom. The third-order valence-electron chi connectivity index (χ3n) is 5.18. The van der Waals surface area contributed by atoms with Gasteiger partial charge in [0, 0.05) is 17.3 Å². The average molecular weight is 633 g/mol. The first-order chi connectivity index (χ1) is 18.1. The summed E-state index contributed by atoms with van der Waals surface area (Å²) in [4.78, 5) is 20.6. The van der Waals surface area contributed by atoms with Crippen LogP contribution in [0.1, 0.15) is 33.0 Å². The molecule has 3 rings (SSSR count). The van der Waals surface area contributed by atoms with Crippen LogP contribution in [0.3, 0.4) is 0 Å².